The van der Waals surface area contributed by atoms with E-state index < -0.39 is 15.9 Å². The number of hydrogen-bond acceptors (Lipinski definition) is 5. The van der Waals surface area contributed by atoms with E-state index in [1.165, 1.54) is 14.2 Å². The zero-order chi connectivity index (χ0) is 23.7. The highest BCUT2D eigenvalue weighted by Crippen LogP contribution is 2.53. The Kier molecular flexibility index (Phi) is 7.96. The van der Waals surface area contributed by atoms with E-state index in [2.05, 4.69) is 77.7 Å². The first-order chi connectivity index (χ1) is 14.2. The fraction of sp³-hybridized carbons (Fsp3) is 0.667. The Balaban J connectivity index is 2.57. The third-order valence-corrected chi connectivity index (χ3v) is 12.9. The van der Waals surface area contributed by atoms with Crippen molar-refractivity contribution in [1.82, 2.24) is 0 Å². The number of allylic oxidation sites excluding steroid dienone is 1. The number of fused-ring (bicyclic) bond motifs is 1. The molecule has 1 aliphatic heterocycles. The van der Waals surface area contributed by atoms with Gasteiger partial charge in [-0.3, -0.25) is 4.57 Å². The van der Waals surface area contributed by atoms with Crippen LogP contribution in [-0.4, -0.2) is 40.8 Å². The molecule has 0 amide bonds. The molecule has 0 saturated carbocycles. The predicted octanol–water partition coefficient (Wildman–Crippen LogP) is 7.34. The van der Waals surface area contributed by atoms with E-state index >= 15 is 0 Å². The quantitative estimate of drug-likeness (QED) is 0.281. The van der Waals surface area contributed by atoms with E-state index in [-0.39, 0.29) is 16.7 Å². The molecule has 1 aromatic rings. The van der Waals surface area contributed by atoms with E-state index in [1.807, 2.05) is 6.07 Å². The number of unbranched alkanes of at least 4 members (excludes halogenated alkanes) is 1. The lowest BCUT2D eigenvalue weighted by Gasteiger charge is -2.44. The minimum absolute atomic E-state index is 0.124. The largest absolute Gasteiger partial charge is 0.543 e. The van der Waals surface area contributed by atoms with Crippen LogP contribution in [0.3, 0.4) is 0 Å². The van der Waals surface area contributed by atoms with Gasteiger partial charge in [-0.15, -0.1) is 0 Å². The van der Waals surface area contributed by atoms with Crippen LogP contribution in [0, 0.1) is 0 Å². The highest BCUT2D eigenvalue weighted by atomic mass is 31.2. The molecule has 0 bridgehead atoms. The Morgan fingerprint density at radius 3 is 2.26 bits per heavy atom. The second kappa shape index (κ2) is 9.42. The van der Waals surface area contributed by atoms with Gasteiger partial charge >= 0.3 is 7.60 Å². The summed E-state index contributed by atoms with van der Waals surface area (Å²) >= 11 is 0. The van der Waals surface area contributed by atoms with Crippen molar-refractivity contribution in [3.05, 3.63) is 29.8 Å². The van der Waals surface area contributed by atoms with Crippen molar-refractivity contribution >= 4 is 27.2 Å². The lowest BCUT2D eigenvalue weighted by molar-refractivity contribution is 0.279. The summed E-state index contributed by atoms with van der Waals surface area (Å²) < 4.78 is 30.1. The van der Waals surface area contributed by atoms with Crippen LogP contribution in [-0.2, 0) is 13.6 Å². The molecule has 0 unspecified atom stereocenters. The van der Waals surface area contributed by atoms with E-state index in [9.17, 15) is 4.57 Å². The van der Waals surface area contributed by atoms with Crippen LogP contribution < -0.4 is 9.33 Å². The fourth-order valence-electron chi connectivity index (χ4n) is 3.68. The molecule has 0 aliphatic carbocycles. The van der Waals surface area contributed by atoms with Gasteiger partial charge in [0.2, 0.25) is 8.32 Å². The molecule has 1 aliphatic rings. The molecule has 1 aromatic carbocycles. The molecular weight excluding hydrogens is 425 g/mol. The van der Waals surface area contributed by atoms with Gasteiger partial charge in [-0.25, -0.2) is 0 Å². The average molecular weight is 468 g/mol. The molecule has 7 heteroatoms. The number of anilines is 1. The summed E-state index contributed by atoms with van der Waals surface area (Å²) in [4.78, 5) is 2.44. The second-order valence-electron chi connectivity index (χ2n) is 10.5. The fourth-order valence-corrected chi connectivity index (χ4v) is 5.79. The van der Waals surface area contributed by atoms with Gasteiger partial charge < -0.3 is 18.4 Å². The third-order valence-electron chi connectivity index (χ3n) is 6.66. The average Bonchev–Trinajstić information content (AvgIpc) is 2.65. The van der Waals surface area contributed by atoms with E-state index in [0.717, 1.165) is 42.0 Å². The highest BCUT2D eigenvalue weighted by Gasteiger charge is 2.40. The third kappa shape index (κ3) is 5.84. The molecule has 0 saturated heterocycles. The molecule has 0 spiro atoms. The Morgan fingerprint density at radius 1 is 1.13 bits per heavy atom. The van der Waals surface area contributed by atoms with Gasteiger partial charge in [0.05, 0.1) is 11.7 Å². The monoisotopic (exact) mass is 467 g/mol. The molecule has 0 atom stereocenters. The van der Waals surface area contributed by atoms with Crippen molar-refractivity contribution in [3.63, 3.8) is 0 Å². The maximum absolute atomic E-state index is 12.9. The van der Waals surface area contributed by atoms with Crippen LogP contribution in [0.25, 0.3) is 5.57 Å². The summed E-state index contributed by atoms with van der Waals surface area (Å²) in [6.45, 7) is 18.9. The maximum atomic E-state index is 12.9. The molecule has 1 heterocycles. The van der Waals surface area contributed by atoms with Gasteiger partial charge in [-0.2, -0.15) is 0 Å². The Bertz CT molecular complexity index is 850. The van der Waals surface area contributed by atoms with E-state index in [4.69, 9.17) is 13.5 Å². The van der Waals surface area contributed by atoms with Crippen LogP contribution in [0.4, 0.5) is 5.69 Å². The van der Waals surface area contributed by atoms with Crippen LogP contribution in [0.5, 0.6) is 5.75 Å². The van der Waals surface area contributed by atoms with Gasteiger partial charge in [0.25, 0.3) is 0 Å². The first-order valence-electron chi connectivity index (χ1n) is 11.2. The second-order valence-corrected chi connectivity index (χ2v) is 17.5. The number of hydrogen-bond donors (Lipinski definition) is 0. The summed E-state index contributed by atoms with van der Waals surface area (Å²) in [5.41, 5.74) is 2.98. The highest BCUT2D eigenvalue weighted by molar-refractivity contribution is 7.54. The summed E-state index contributed by atoms with van der Waals surface area (Å²) in [6.07, 6.45) is 4.69. The summed E-state index contributed by atoms with van der Waals surface area (Å²) in [5, 5.41) is 0.124. The van der Waals surface area contributed by atoms with E-state index in [0.29, 0.717) is 0 Å². The summed E-state index contributed by atoms with van der Waals surface area (Å²) in [6, 6.07) is 6.33. The molecule has 0 aromatic heterocycles. The number of nitrogens with zero attached hydrogens (tertiary/aromatic N) is 1. The van der Waals surface area contributed by atoms with Crippen LogP contribution in [0.1, 0.15) is 59.9 Å². The van der Waals surface area contributed by atoms with Gasteiger partial charge in [-0.05, 0) is 56.1 Å². The molecular formula is C24H42NO4PSi. The SMILES string of the molecule is CCCCN1c2cc(O[Si](C)(C)C(C)(C)C)ccc2C(CP(=O)(OC)OC)=CC1(C)C. The van der Waals surface area contributed by atoms with Crippen molar-refractivity contribution in [3.8, 4) is 5.75 Å². The predicted molar refractivity (Wildman–Crippen MR) is 135 cm³/mol. The van der Waals surface area contributed by atoms with Crippen LogP contribution in [0.15, 0.2) is 24.3 Å². The lowest BCUT2D eigenvalue weighted by atomic mass is 9.88. The van der Waals surface area contributed by atoms with Crippen molar-refractivity contribution in [2.45, 2.75) is 78.1 Å². The van der Waals surface area contributed by atoms with Gasteiger partial charge in [0, 0.05) is 38.1 Å². The Morgan fingerprint density at radius 2 is 1.74 bits per heavy atom. The molecule has 0 fully saturated rings. The number of rotatable bonds is 9. The molecule has 2 rings (SSSR count). The van der Waals surface area contributed by atoms with Crippen LogP contribution in [0.2, 0.25) is 18.1 Å². The first kappa shape index (κ1) is 26.2. The molecule has 0 radical (unpaired) electrons. The Hall–Kier alpha value is -1.07. The Labute approximate surface area is 190 Å². The zero-order valence-corrected chi connectivity index (χ0v) is 23.1. The topological polar surface area (TPSA) is 48.0 Å². The lowest BCUT2D eigenvalue weighted by Crippen LogP contribution is -2.46. The smallest absolute Gasteiger partial charge is 0.334 e. The molecule has 176 valence electrons. The minimum Gasteiger partial charge on any atom is -0.543 e. The van der Waals surface area contributed by atoms with E-state index in [1.54, 1.807) is 0 Å². The molecule has 5 nitrogen and oxygen atoms in total. The van der Waals surface area contributed by atoms with Gasteiger partial charge in [-0.1, -0.05) is 40.2 Å². The summed E-state index contributed by atoms with van der Waals surface area (Å²) in [5.74, 6) is 0.908. The molecule has 0 N–H and O–H groups in total. The minimum atomic E-state index is -3.18. The van der Waals surface area contributed by atoms with Crippen molar-refractivity contribution in [2.75, 3.05) is 31.8 Å². The molecule has 31 heavy (non-hydrogen) atoms. The summed E-state index contributed by atoms with van der Waals surface area (Å²) in [7, 11) is -2.24. The normalized spacial score (nSPS) is 16.7. The van der Waals surface area contributed by atoms with Crippen LogP contribution >= 0.6 is 7.60 Å². The van der Waals surface area contributed by atoms with Gasteiger partial charge in [0.1, 0.15) is 5.75 Å². The van der Waals surface area contributed by atoms with Crippen molar-refractivity contribution < 1.29 is 18.0 Å². The van der Waals surface area contributed by atoms with Crippen molar-refractivity contribution in [1.29, 1.82) is 0 Å². The van der Waals surface area contributed by atoms with Crippen molar-refractivity contribution in [2.24, 2.45) is 0 Å². The van der Waals surface area contributed by atoms with Gasteiger partial charge in [0.15, 0.2) is 0 Å². The first-order valence-corrected chi connectivity index (χ1v) is 15.9. The maximum Gasteiger partial charge on any atom is 0.334 e. The zero-order valence-electron chi connectivity index (χ0n) is 21.2. The number of benzene rings is 1. The standard InChI is InChI=1S/C24H42NO4PSi/c1-11-12-15-25-22-16-20(29-31(9,10)23(2,3)4)13-14-21(22)19(17-24(25,5)6)18-30(26,27-7)28-8/h13-14,16-17H,11-12,15,18H2,1-10H3.